The number of likely N-dealkylation sites (N-methyl/N-ethyl adjacent to an activating group) is 1. The maximum Gasteiger partial charge on any atom is 0.222 e. The Hall–Kier alpha value is -1.91. The standard InChI is InChI=1S/C17H23FN2O2/c1-17(2,3)10-16(21)20(4)11-14-9-15(19-22-14)12-5-7-13(18)8-6-12/h5-8,14H,9-11H2,1-4H3/t14-/m1/s1. The minimum atomic E-state index is -0.271. The van der Waals surface area contributed by atoms with Crippen LogP contribution in [0.5, 0.6) is 0 Å². The Morgan fingerprint density at radius 1 is 1.36 bits per heavy atom. The third-order valence-corrected chi connectivity index (χ3v) is 3.50. The van der Waals surface area contributed by atoms with Crippen LogP contribution in [0.15, 0.2) is 29.4 Å². The number of carbonyl (C=O) groups is 1. The van der Waals surface area contributed by atoms with E-state index in [0.717, 1.165) is 11.3 Å². The van der Waals surface area contributed by atoms with Crippen molar-refractivity contribution in [1.82, 2.24) is 4.90 Å². The lowest BCUT2D eigenvalue weighted by Gasteiger charge is -2.24. The summed E-state index contributed by atoms with van der Waals surface area (Å²) < 4.78 is 12.9. The van der Waals surface area contributed by atoms with E-state index in [-0.39, 0.29) is 23.2 Å². The van der Waals surface area contributed by atoms with Crippen LogP contribution in [0.4, 0.5) is 4.39 Å². The molecule has 1 aromatic carbocycles. The topological polar surface area (TPSA) is 41.9 Å². The fourth-order valence-electron chi connectivity index (χ4n) is 2.33. The molecule has 0 radical (unpaired) electrons. The van der Waals surface area contributed by atoms with E-state index in [2.05, 4.69) is 5.16 Å². The number of hydrogen-bond donors (Lipinski definition) is 0. The fourth-order valence-corrected chi connectivity index (χ4v) is 2.33. The third kappa shape index (κ3) is 4.55. The number of hydrogen-bond acceptors (Lipinski definition) is 3. The summed E-state index contributed by atoms with van der Waals surface area (Å²) in [6, 6.07) is 6.19. The Bertz CT molecular complexity index is 561. The first-order valence-electron chi connectivity index (χ1n) is 7.47. The third-order valence-electron chi connectivity index (χ3n) is 3.50. The van der Waals surface area contributed by atoms with Crippen molar-refractivity contribution in [2.75, 3.05) is 13.6 Å². The molecule has 1 aromatic rings. The van der Waals surface area contributed by atoms with E-state index in [1.165, 1.54) is 12.1 Å². The van der Waals surface area contributed by atoms with Crippen molar-refractivity contribution in [3.8, 4) is 0 Å². The van der Waals surface area contributed by atoms with Crippen LogP contribution in [-0.2, 0) is 9.63 Å². The minimum absolute atomic E-state index is 0.0301. The molecular weight excluding hydrogens is 283 g/mol. The SMILES string of the molecule is CN(C[C@H]1CC(c2ccc(F)cc2)=NO1)C(=O)CC(C)(C)C. The molecule has 4 nitrogen and oxygen atoms in total. The monoisotopic (exact) mass is 306 g/mol. The van der Waals surface area contributed by atoms with Gasteiger partial charge in [-0.3, -0.25) is 4.79 Å². The second kappa shape index (κ2) is 6.46. The maximum atomic E-state index is 12.9. The first-order valence-corrected chi connectivity index (χ1v) is 7.47. The summed E-state index contributed by atoms with van der Waals surface area (Å²) in [5.41, 5.74) is 1.62. The number of benzene rings is 1. The largest absolute Gasteiger partial charge is 0.390 e. The van der Waals surface area contributed by atoms with Gasteiger partial charge in [0.2, 0.25) is 5.91 Å². The quantitative estimate of drug-likeness (QED) is 0.857. The van der Waals surface area contributed by atoms with Crippen LogP contribution in [0, 0.1) is 11.2 Å². The predicted molar refractivity (Wildman–Crippen MR) is 84.1 cm³/mol. The van der Waals surface area contributed by atoms with E-state index in [9.17, 15) is 9.18 Å². The normalized spacial score (nSPS) is 17.9. The van der Waals surface area contributed by atoms with Crippen LogP contribution in [0.25, 0.3) is 0 Å². The molecule has 5 heteroatoms. The molecule has 0 N–H and O–H groups in total. The van der Waals surface area contributed by atoms with Crippen LogP contribution in [-0.4, -0.2) is 36.2 Å². The first-order chi connectivity index (χ1) is 10.2. The molecule has 2 rings (SSSR count). The highest BCUT2D eigenvalue weighted by Gasteiger charge is 2.26. The second-order valence-corrected chi connectivity index (χ2v) is 6.99. The highest BCUT2D eigenvalue weighted by atomic mass is 19.1. The van der Waals surface area contributed by atoms with Gasteiger partial charge in [0.25, 0.3) is 0 Å². The summed E-state index contributed by atoms with van der Waals surface area (Å²) in [4.78, 5) is 19.2. The summed E-state index contributed by atoms with van der Waals surface area (Å²) >= 11 is 0. The molecule has 0 fully saturated rings. The van der Waals surface area contributed by atoms with Gasteiger partial charge in [0.15, 0.2) is 6.10 Å². The molecule has 22 heavy (non-hydrogen) atoms. The zero-order valence-electron chi connectivity index (χ0n) is 13.6. The van der Waals surface area contributed by atoms with Crippen molar-refractivity contribution >= 4 is 11.6 Å². The average molecular weight is 306 g/mol. The van der Waals surface area contributed by atoms with E-state index in [0.29, 0.717) is 19.4 Å². The van der Waals surface area contributed by atoms with Crippen molar-refractivity contribution in [2.45, 2.75) is 39.7 Å². The summed E-state index contributed by atoms with van der Waals surface area (Å²) in [6.07, 6.45) is 0.981. The molecule has 1 aliphatic heterocycles. The number of rotatable bonds is 4. The summed E-state index contributed by atoms with van der Waals surface area (Å²) in [6.45, 7) is 6.63. The summed E-state index contributed by atoms with van der Waals surface area (Å²) in [5, 5.41) is 4.06. The number of oxime groups is 1. The molecule has 0 saturated carbocycles. The van der Waals surface area contributed by atoms with Crippen LogP contribution < -0.4 is 0 Å². The maximum absolute atomic E-state index is 12.9. The Morgan fingerprint density at radius 3 is 2.59 bits per heavy atom. The summed E-state index contributed by atoms with van der Waals surface area (Å²) in [5.74, 6) is -0.168. The lowest BCUT2D eigenvalue weighted by Crippen LogP contribution is -2.36. The Morgan fingerprint density at radius 2 is 2.00 bits per heavy atom. The molecule has 0 bridgehead atoms. The van der Waals surface area contributed by atoms with Crippen molar-refractivity contribution in [3.05, 3.63) is 35.6 Å². The van der Waals surface area contributed by atoms with Crippen molar-refractivity contribution < 1.29 is 14.0 Å². The molecule has 0 aromatic heterocycles. The molecule has 120 valence electrons. The van der Waals surface area contributed by atoms with E-state index in [1.54, 1.807) is 24.1 Å². The van der Waals surface area contributed by atoms with Gasteiger partial charge in [-0.2, -0.15) is 0 Å². The molecule has 1 aliphatic rings. The Balaban J connectivity index is 1.87. The summed E-state index contributed by atoms with van der Waals surface area (Å²) in [7, 11) is 1.79. The number of nitrogens with zero attached hydrogens (tertiary/aromatic N) is 2. The van der Waals surface area contributed by atoms with Gasteiger partial charge in [0, 0.05) is 19.9 Å². The van der Waals surface area contributed by atoms with Crippen LogP contribution in [0.2, 0.25) is 0 Å². The zero-order chi connectivity index (χ0) is 16.3. The Kier molecular flexibility index (Phi) is 4.84. The average Bonchev–Trinajstić information content (AvgIpc) is 2.86. The smallest absolute Gasteiger partial charge is 0.222 e. The second-order valence-electron chi connectivity index (χ2n) is 6.99. The van der Waals surface area contributed by atoms with Gasteiger partial charge < -0.3 is 9.74 Å². The van der Waals surface area contributed by atoms with Crippen molar-refractivity contribution in [3.63, 3.8) is 0 Å². The highest BCUT2D eigenvalue weighted by molar-refractivity contribution is 6.01. The van der Waals surface area contributed by atoms with Crippen molar-refractivity contribution in [2.24, 2.45) is 10.6 Å². The van der Waals surface area contributed by atoms with Crippen LogP contribution in [0.3, 0.4) is 0 Å². The molecule has 1 atom stereocenters. The van der Waals surface area contributed by atoms with Crippen molar-refractivity contribution in [1.29, 1.82) is 0 Å². The molecule has 0 unspecified atom stereocenters. The number of halogens is 1. The van der Waals surface area contributed by atoms with Crippen LogP contribution >= 0.6 is 0 Å². The molecule has 0 spiro atoms. The van der Waals surface area contributed by atoms with Gasteiger partial charge in [-0.1, -0.05) is 38.1 Å². The van der Waals surface area contributed by atoms with E-state index >= 15 is 0 Å². The van der Waals surface area contributed by atoms with E-state index in [4.69, 9.17) is 4.84 Å². The fraction of sp³-hybridized carbons (Fsp3) is 0.529. The zero-order valence-corrected chi connectivity index (χ0v) is 13.6. The van der Waals surface area contributed by atoms with Gasteiger partial charge in [-0.25, -0.2) is 4.39 Å². The van der Waals surface area contributed by atoms with Gasteiger partial charge in [-0.05, 0) is 23.1 Å². The van der Waals surface area contributed by atoms with Gasteiger partial charge in [-0.15, -0.1) is 0 Å². The lowest BCUT2D eigenvalue weighted by molar-refractivity contribution is -0.133. The molecule has 0 saturated heterocycles. The van der Waals surface area contributed by atoms with E-state index < -0.39 is 0 Å². The van der Waals surface area contributed by atoms with Gasteiger partial charge >= 0.3 is 0 Å². The number of amides is 1. The van der Waals surface area contributed by atoms with E-state index in [1.807, 2.05) is 20.8 Å². The molecule has 1 heterocycles. The predicted octanol–water partition coefficient (Wildman–Crippen LogP) is 3.21. The van der Waals surface area contributed by atoms with Crippen LogP contribution in [0.1, 0.15) is 39.2 Å². The molecule has 1 amide bonds. The Labute approximate surface area is 130 Å². The highest BCUT2D eigenvalue weighted by Crippen LogP contribution is 2.21. The molecular formula is C17H23FN2O2. The van der Waals surface area contributed by atoms with Gasteiger partial charge in [0.1, 0.15) is 5.82 Å². The minimum Gasteiger partial charge on any atom is -0.390 e. The lowest BCUT2D eigenvalue weighted by atomic mass is 9.91. The first kappa shape index (κ1) is 16.5. The van der Waals surface area contributed by atoms with Gasteiger partial charge in [0.05, 0.1) is 12.3 Å². The molecule has 0 aliphatic carbocycles. The number of carbonyl (C=O) groups excluding carboxylic acids is 1.